The van der Waals surface area contributed by atoms with Crippen molar-refractivity contribution in [2.24, 2.45) is 0 Å². The van der Waals surface area contributed by atoms with Gasteiger partial charge in [-0.3, -0.25) is 14.5 Å². The molecule has 1 saturated heterocycles. The quantitative estimate of drug-likeness (QED) is 0.289. The van der Waals surface area contributed by atoms with Crippen LogP contribution in [-0.2, 0) is 20.9 Å². The highest BCUT2D eigenvalue weighted by Gasteiger charge is 2.38. The maximum absolute atomic E-state index is 13.2. The Morgan fingerprint density at radius 3 is 2.12 bits per heavy atom. The molecular formula is C34H39N3O5. The largest absolute Gasteiger partial charge is 0.481 e. The highest BCUT2D eigenvalue weighted by molar-refractivity contribution is 5.80. The molecule has 1 aliphatic carbocycles. The van der Waals surface area contributed by atoms with Crippen molar-refractivity contribution in [1.29, 1.82) is 0 Å². The van der Waals surface area contributed by atoms with E-state index in [1.807, 2.05) is 49.4 Å². The third-order valence-corrected chi connectivity index (χ3v) is 8.55. The maximum Gasteiger partial charge on any atom is 0.407 e. The third kappa shape index (κ3) is 6.99. The van der Waals surface area contributed by atoms with E-state index in [1.54, 1.807) is 0 Å². The number of benzene rings is 3. The molecule has 3 N–H and O–H groups in total. The van der Waals surface area contributed by atoms with Crippen LogP contribution in [0.4, 0.5) is 4.79 Å². The Morgan fingerprint density at radius 1 is 0.929 bits per heavy atom. The number of carbonyl (C=O) groups is 3. The Bertz CT molecular complexity index is 1360. The van der Waals surface area contributed by atoms with Gasteiger partial charge < -0.3 is 20.5 Å². The fourth-order valence-corrected chi connectivity index (χ4v) is 6.29. The maximum atomic E-state index is 13.2. The summed E-state index contributed by atoms with van der Waals surface area (Å²) in [4.78, 5) is 40.0. The van der Waals surface area contributed by atoms with Crippen molar-refractivity contribution in [3.63, 3.8) is 0 Å². The molecule has 0 spiro atoms. The predicted octanol–water partition coefficient (Wildman–Crippen LogP) is 5.32. The number of alkyl carbamates (subject to hydrolysis) is 1. The molecule has 1 heterocycles. The van der Waals surface area contributed by atoms with E-state index >= 15 is 0 Å². The molecule has 0 aromatic heterocycles. The Labute approximate surface area is 247 Å². The number of aliphatic carboxylic acids is 1. The molecule has 1 aliphatic heterocycles. The second-order valence-corrected chi connectivity index (χ2v) is 11.4. The first kappa shape index (κ1) is 29.3. The van der Waals surface area contributed by atoms with Gasteiger partial charge in [0, 0.05) is 38.0 Å². The van der Waals surface area contributed by atoms with Crippen LogP contribution in [0.5, 0.6) is 0 Å². The number of carboxylic acids is 1. The normalized spacial score (nSPS) is 16.6. The van der Waals surface area contributed by atoms with Crippen molar-refractivity contribution in [2.75, 3.05) is 19.7 Å². The number of hydrogen-bond acceptors (Lipinski definition) is 5. The van der Waals surface area contributed by atoms with Crippen molar-refractivity contribution in [2.45, 2.75) is 63.1 Å². The van der Waals surface area contributed by atoms with Crippen LogP contribution >= 0.6 is 0 Å². The molecule has 3 aromatic rings. The number of carboxylic acid groups (broad SMARTS) is 1. The first-order valence-corrected chi connectivity index (χ1v) is 14.8. The molecule has 0 unspecified atom stereocenters. The average Bonchev–Trinajstić information content (AvgIpc) is 3.30. The zero-order chi connectivity index (χ0) is 29.5. The summed E-state index contributed by atoms with van der Waals surface area (Å²) in [6.07, 6.45) is 0.993. The molecule has 8 nitrogen and oxygen atoms in total. The van der Waals surface area contributed by atoms with Gasteiger partial charge in [-0.05, 0) is 47.1 Å². The van der Waals surface area contributed by atoms with Crippen LogP contribution in [0, 0.1) is 0 Å². The number of ether oxygens (including phenoxy) is 1. The molecule has 2 amide bonds. The van der Waals surface area contributed by atoms with Gasteiger partial charge in [-0.2, -0.15) is 0 Å². The van der Waals surface area contributed by atoms with E-state index in [0.717, 1.165) is 28.8 Å². The van der Waals surface area contributed by atoms with E-state index in [2.05, 4.69) is 51.9 Å². The van der Waals surface area contributed by atoms with E-state index in [1.165, 1.54) is 5.56 Å². The second-order valence-electron chi connectivity index (χ2n) is 11.4. The number of rotatable bonds is 11. The number of likely N-dealkylation sites (tertiary alicyclic amines) is 1. The average molecular weight is 570 g/mol. The molecular weight excluding hydrogens is 530 g/mol. The van der Waals surface area contributed by atoms with Crippen molar-refractivity contribution in [3.05, 3.63) is 95.6 Å². The zero-order valence-corrected chi connectivity index (χ0v) is 24.1. The summed E-state index contributed by atoms with van der Waals surface area (Å²) in [7, 11) is 0. The lowest BCUT2D eigenvalue weighted by Gasteiger charge is -2.42. The zero-order valence-electron chi connectivity index (χ0n) is 24.1. The van der Waals surface area contributed by atoms with E-state index in [0.29, 0.717) is 32.4 Å². The molecule has 1 fully saturated rings. The number of nitrogens with zero attached hydrogens (tertiary/aromatic N) is 1. The SMILES string of the molecule is CC[C@H](CC(=O)NC1(CC(=O)O)CCN(Cc2ccccc2)CC1)NC(=O)OCC1c2ccccc2-c2ccccc21. The molecule has 0 bridgehead atoms. The molecule has 8 heteroatoms. The molecule has 5 rings (SSSR count). The summed E-state index contributed by atoms with van der Waals surface area (Å²) >= 11 is 0. The van der Waals surface area contributed by atoms with Gasteiger partial charge >= 0.3 is 12.1 Å². The van der Waals surface area contributed by atoms with Crippen molar-refractivity contribution in [1.82, 2.24) is 15.5 Å². The molecule has 3 aromatic carbocycles. The topological polar surface area (TPSA) is 108 Å². The molecule has 0 saturated carbocycles. The Morgan fingerprint density at radius 2 is 1.52 bits per heavy atom. The Balaban J connectivity index is 1.14. The predicted molar refractivity (Wildman–Crippen MR) is 161 cm³/mol. The van der Waals surface area contributed by atoms with Crippen LogP contribution in [-0.4, -0.2) is 59.3 Å². The van der Waals surface area contributed by atoms with Crippen molar-refractivity contribution >= 4 is 18.0 Å². The second kappa shape index (κ2) is 13.2. The minimum absolute atomic E-state index is 0.0461. The van der Waals surface area contributed by atoms with E-state index in [-0.39, 0.29) is 31.3 Å². The number of amides is 2. The van der Waals surface area contributed by atoms with E-state index in [4.69, 9.17) is 4.74 Å². The number of piperidine rings is 1. The summed E-state index contributed by atoms with van der Waals surface area (Å²) in [5.74, 6) is -1.25. The third-order valence-electron chi connectivity index (χ3n) is 8.55. The van der Waals surface area contributed by atoms with E-state index in [9.17, 15) is 19.5 Å². The van der Waals surface area contributed by atoms with Gasteiger partial charge in [-0.25, -0.2) is 4.79 Å². The summed E-state index contributed by atoms with van der Waals surface area (Å²) in [6.45, 7) is 4.27. The monoisotopic (exact) mass is 569 g/mol. The Hall–Kier alpha value is -4.17. The number of nitrogens with one attached hydrogen (secondary N) is 2. The highest BCUT2D eigenvalue weighted by Crippen LogP contribution is 2.44. The van der Waals surface area contributed by atoms with Crippen molar-refractivity contribution < 1.29 is 24.2 Å². The fourth-order valence-electron chi connectivity index (χ4n) is 6.29. The molecule has 0 radical (unpaired) electrons. The van der Waals surface area contributed by atoms with Gasteiger partial charge in [0.1, 0.15) is 6.61 Å². The Kier molecular flexibility index (Phi) is 9.22. The summed E-state index contributed by atoms with van der Waals surface area (Å²) < 4.78 is 5.67. The van der Waals surface area contributed by atoms with Crippen LogP contribution in [0.2, 0.25) is 0 Å². The van der Waals surface area contributed by atoms with Crippen LogP contribution in [0.25, 0.3) is 11.1 Å². The first-order chi connectivity index (χ1) is 20.4. The van der Waals surface area contributed by atoms with Gasteiger partial charge in [0.15, 0.2) is 0 Å². The van der Waals surface area contributed by atoms with Gasteiger partial charge in [-0.15, -0.1) is 0 Å². The fraction of sp³-hybridized carbons (Fsp3) is 0.382. The lowest BCUT2D eigenvalue weighted by atomic mass is 9.83. The van der Waals surface area contributed by atoms with Crippen LogP contribution in [0.15, 0.2) is 78.9 Å². The summed E-state index contributed by atoms with van der Waals surface area (Å²) in [5, 5.41) is 15.5. The number of hydrogen-bond donors (Lipinski definition) is 3. The minimum Gasteiger partial charge on any atom is -0.481 e. The summed E-state index contributed by atoms with van der Waals surface area (Å²) in [5.41, 5.74) is 4.99. The number of carbonyl (C=O) groups excluding carboxylic acids is 2. The van der Waals surface area contributed by atoms with Gasteiger partial charge in [0.2, 0.25) is 5.91 Å². The van der Waals surface area contributed by atoms with Crippen LogP contribution in [0.1, 0.15) is 61.6 Å². The van der Waals surface area contributed by atoms with Crippen LogP contribution < -0.4 is 10.6 Å². The first-order valence-electron chi connectivity index (χ1n) is 14.8. The number of fused-ring (bicyclic) bond motifs is 3. The lowest BCUT2D eigenvalue weighted by molar-refractivity contribution is -0.140. The smallest absolute Gasteiger partial charge is 0.407 e. The lowest BCUT2D eigenvalue weighted by Crippen LogP contribution is -2.57. The molecule has 42 heavy (non-hydrogen) atoms. The van der Waals surface area contributed by atoms with Gasteiger partial charge in [0.25, 0.3) is 0 Å². The summed E-state index contributed by atoms with van der Waals surface area (Å²) in [6, 6.07) is 26.1. The van der Waals surface area contributed by atoms with E-state index < -0.39 is 23.6 Å². The molecule has 1 atom stereocenters. The molecule has 220 valence electrons. The van der Waals surface area contributed by atoms with Crippen molar-refractivity contribution in [3.8, 4) is 11.1 Å². The standard InChI is InChI=1S/C34H39N3O5/c1-2-25(35-33(41)42-23-30-28-14-8-6-12-26(28)27-13-7-9-15-29(27)30)20-31(38)36-34(21-32(39)40)16-18-37(19-17-34)22-24-10-4-3-5-11-24/h3-15,25,30H,2,16-23H2,1H3,(H,35,41)(H,36,38)(H,39,40)/t25-/m1/s1. The minimum atomic E-state index is -0.935. The van der Waals surface area contributed by atoms with Gasteiger partial charge in [-0.1, -0.05) is 85.8 Å². The highest BCUT2D eigenvalue weighted by atomic mass is 16.5. The van der Waals surface area contributed by atoms with Gasteiger partial charge in [0.05, 0.1) is 12.0 Å². The van der Waals surface area contributed by atoms with Crippen LogP contribution in [0.3, 0.4) is 0 Å². The molecule has 2 aliphatic rings.